The first-order valence-corrected chi connectivity index (χ1v) is 11.5. The second kappa shape index (κ2) is 9.25. The summed E-state index contributed by atoms with van der Waals surface area (Å²) in [6, 6.07) is 19.3. The fourth-order valence-corrected chi connectivity index (χ4v) is 4.53. The number of anilines is 2. The summed E-state index contributed by atoms with van der Waals surface area (Å²) >= 11 is 0. The number of carbonyl (C=O) groups excluding carboxylic acids is 1. The standard InChI is InChI=1S/C27H26F2N4O/c1-18-9-10-22(16-23(18)29)30-26(34)20-11-13-32(14-12-20)27-31-24-7-2-3-8-25(24)33(27)17-19-5-4-6-21(28)15-19/h2-10,15-16,20H,11-14,17H2,1H3,(H,30,34). The third-order valence-electron chi connectivity index (χ3n) is 6.45. The van der Waals surface area contributed by atoms with Gasteiger partial charge in [0.05, 0.1) is 17.6 Å². The van der Waals surface area contributed by atoms with E-state index in [0.717, 1.165) is 22.5 Å². The second-order valence-electron chi connectivity index (χ2n) is 8.83. The van der Waals surface area contributed by atoms with Crippen molar-refractivity contribution in [2.75, 3.05) is 23.3 Å². The Bertz CT molecular complexity index is 1340. The van der Waals surface area contributed by atoms with Crippen LogP contribution in [0.5, 0.6) is 0 Å². The van der Waals surface area contributed by atoms with Gasteiger partial charge in [0, 0.05) is 24.7 Å². The molecule has 0 spiro atoms. The van der Waals surface area contributed by atoms with Crippen LogP contribution in [0.15, 0.2) is 66.7 Å². The van der Waals surface area contributed by atoms with E-state index in [2.05, 4.69) is 14.8 Å². The number of amides is 1. The van der Waals surface area contributed by atoms with Crippen LogP contribution < -0.4 is 10.2 Å². The van der Waals surface area contributed by atoms with Gasteiger partial charge in [-0.15, -0.1) is 0 Å². The number of nitrogens with one attached hydrogen (secondary N) is 1. The minimum absolute atomic E-state index is 0.0869. The third-order valence-corrected chi connectivity index (χ3v) is 6.45. The molecule has 1 fully saturated rings. The van der Waals surface area contributed by atoms with Crippen molar-refractivity contribution >= 4 is 28.6 Å². The summed E-state index contributed by atoms with van der Waals surface area (Å²) in [5.74, 6) is -0.00340. The molecule has 0 atom stereocenters. The van der Waals surface area contributed by atoms with Gasteiger partial charge in [-0.3, -0.25) is 4.79 Å². The lowest BCUT2D eigenvalue weighted by Crippen LogP contribution is -2.39. The van der Waals surface area contributed by atoms with Crippen LogP contribution >= 0.6 is 0 Å². The van der Waals surface area contributed by atoms with Crippen molar-refractivity contribution in [3.05, 3.63) is 89.5 Å². The number of nitrogens with zero attached hydrogens (tertiary/aromatic N) is 3. The number of halogens is 2. The molecule has 5 nitrogen and oxygen atoms in total. The molecule has 1 saturated heterocycles. The number of hydrogen-bond donors (Lipinski definition) is 1. The van der Waals surface area contributed by atoms with Crippen molar-refractivity contribution in [3.8, 4) is 0 Å². The van der Waals surface area contributed by atoms with Gasteiger partial charge in [-0.2, -0.15) is 0 Å². The highest BCUT2D eigenvalue weighted by molar-refractivity contribution is 5.92. The highest BCUT2D eigenvalue weighted by Gasteiger charge is 2.28. The molecule has 0 unspecified atom stereocenters. The quantitative estimate of drug-likeness (QED) is 0.426. The van der Waals surface area contributed by atoms with E-state index in [1.54, 1.807) is 31.2 Å². The Morgan fingerprint density at radius 3 is 2.59 bits per heavy atom. The lowest BCUT2D eigenvalue weighted by atomic mass is 9.96. The molecular formula is C27H26F2N4O. The summed E-state index contributed by atoms with van der Waals surface area (Å²) in [6.07, 6.45) is 1.34. The molecular weight excluding hydrogens is 434 g/mol. The molecule has 1 aliphatic heterocycles. The Morgan fingerprint density at radius 1 is 1.03 bits per heavy atom. The summed E-state index contributed by atoms with van der Waals surface area (Å²) in [4.78, 5) is 19.8. The van der Waals surface area contributed by atoms with Gasteiger partial charge >= 0.3 is 0 Å². The van der Waals surface area contributed by atoms with Crippen molar-refractivity contribution in [2.24, 2.45) is 5.92 Å². The Kier molecular flexibility index (Phi) is 6.01. The van der Waals surface area contributed by atoms with Gasteiger partial charge in [0.2, 0.25) is 11.9 Å². The number of imidazole rings is 1. The Hall–Kier alpha value is -3.74. The fraction of sp³-hybridized carbons (Fsp3) is 0.259. The van der Waals surface area contributed by atoms with Gasteiger partial charge in [0.25, 0.3) is 0 Å². The van der Waals surface area contributed by atoms with Crippen LogP contribution in [0.25, 0.3) is 11.0 Å². The fourth-order valence-electron chi connectivity index (χ4n) is 4.53. The molecule has 1 N–H and O–H groups in total. The van der Waals surface area contributed by atoms with E-state index in [0.29, 0.717) is 43.7 Å². The van der Waals surface area contributed by atoms with E-state index in [9.17, 15) is 13.6 Å². The van der Waals surface area contributed by atoms with E-state index in [4.69, 9.17) is 4.98 Å². The molecule has 174 valence electrons. The summed E-state index contributed by atoms with van der Waals surface area (Å²) in [7, 11) is 0. The van der Waals surface area contributed by atoms with Crippen LogP contribution in [-0.4, -0.2) is 28.5 Å². The maximum Gasteiger partial charge on any atom is 0.227 e. The number of aryl methyl sites for hydroxylation is 1. The average Bonchev–Trinajstić information content (AvgIpc) is 3.20. The van der Waals surface area contributed by atoms with E-state index in [1.807, 2.05) is 30.3 Å². The number of fused-ring (bicyclic) bond motifs is 1. The predicted octanol–water partition coefficient (Wildman–Crippen LogP) is 5.53. The zero-order valence-electron chi connectivity index (χ0n) is 19.0. The van der Waals surface area contributed by atoms with Gasteiger partial charge < -0.3 is 14.8 Å². The van der Waals surface area contributed by atoms with Crippen LogP contribution in [0.1, 0.15) is 24.0 Å². The molecule has 0 radical (unpaired) electrons. The third kappa shape index (κ3) is 4.51. The Morgan fingerprint density at radius 2 is 1.82 bits per heavy atom. The smallest absolute Gasteiger partial charge is 0.227 e. The van der Waals surface area contributed by atoms with Crippen LogP contribution in [0.4, 0.5) is 20.4 Å². The van der Waals surface area contributed by atoms with E-state index in [-0.39, 0.29) is 23.5 Å². The number of piperidine rings is 1. The monoisotopic (exact) mass is 460 g/mol. The van der Waals surface area contributed by atoms with Gasteiger partial charge in [-0.05, 0) is 67.3 Å². The number of benzene rings is 3. The van der Waals surface area contributed by atoms with Gasteiger partial charge in [-0.25, -0.2) is 13.8 Å². The molecule has 7 heteroatoms. The van der Waals surface area contributed by atoms with Crippen molar-refractivity contribution < 1.29 is 13.6 Å². The first-order chi connectivity index (χ1) is 16.5. The topological polar surface area (TPSA) is 50.2 Å². The molecule has 0 saturated carbocycles. The molecule has 0 bridgehead atoms. The predicted molar refractivity (Wildman–Crippen MR) is 130 cm³/mol. The average molecular weight is 461 g/mol. The normalized spacial score (nSPS) is 14.5. The van der Waals surface area contributed by atoms with E-state index < -0.39 is 0 Å². The van der Waals surface area contributed by atoms with Gasteiger partial charge in [0.15, 0.2) is 0 Å². The molecule has 34 heavy (non-hydrogen) atoms. The van der Waals surface area contributed by atoms with Gasteiger partial charge in [-0.1, -0.05) is 30.3 Å². The van der Waals surface area contributed by atoms with Crippen LogP contribution in [-0.2, 0) is 11.3 Å². The maximum absolute atomic E-state index is 13.8. The maximum atomic E-state index is 13.8. The van der Waals surface area contributed by atoms with Crippen LogP contribution in [0.2, 0.25) is 0 Å². The molecule has 3 aromatic carbocycles. The van der Waals surface area contributed by atoms with Crippen LogP contribution in [0.3, 0.4) is 0 Å². The SMILES string of the molecule is Cc1ccc(NC(=O)C2CCN(c3nc4ccccc4n3Cc3cccc(F)c3)CC2)cc1F. The zero-order valence-corrected chi connectivity index (χ0v) is 19.0. The number of hydrogen-bond acceptors (Lipinski definition) is 3. The molecule has 1 aromatic heterocycles. The van der Waals surface area contributed by atoms with Crippen molar-refractivity contribution in [3.63, 3.8) is 0 Å². The summed E-state index contributed by atoms with van der Waals surface area (Å²) in [5.41, 5.74) is 3.77. The number of carbonyl (C=O) groups is 1. The minimum atomic E-state index is -0.329. The molecule has 2 heterocycles. The van der Waals surface area contributed by atoms with Gasteiger partial charge in [0.1, 0.15) is 11.6 Å². The Balaban J connectivity index is 1.32. The molecule has 0 aliphatic carbocycles. The highest BCUT2D eigenvalue weighted by Crippen LogP contribution is 2.28. The van der Waals surface area contributed by atoms with E-state index >= 15 is 0 Å². The molecule has 5 rings (SSSR count). The molecule has 1 amide bonds. The zero-order chi connectivity index (χ0) is 23.7. The highest BCUT2D eigenvalue weighted by atomic mass is 19.1. The lowest BCUT2D eigenvalue weighted by Gasteiger charge is -2.32. The Labute approximate surface area is 197 Å². The first-order valence-electron chi connectivity index (χ1n) is 11.5. The summed E-state index contributed by atoms with van der Waals surface area (Å²) in [5, 5.41) is 2.85. The van der Waals surface area contributed by atoms with Crippen molar-refractivity contribution in [2.45, 2.75) is 26.3 Å². The molecule has 1 aliphatic rings. The van der Waals surface area contributed by atoms with Crippen LogP contribution in [0, 0.1) is 24.5 Å². The summed E-state index contributed by atoms with van der Waals surface area (Å²) < 4.78 is 29.7. The number of aromatic nitrogens is 2. The largest absolute Gasteiger partial charge is 0.342 e. The van der Waals surface area contributed by atoms with E-state index in [1.165, 1.54) is 12.1 Å². The minimum Gasteiger partial charge on any atom is -0.342 e. The second-order valence-corrected chi connectivity index (χ2v) is 8.83. The number of rotatable bonds is 5. The van der Waals surface area contributed by atoms with Crippen molar-refractivity contribution in [1.82, 2.24) is 9.55 Å². The van der Waals surface area contributed by atoms with Crippen molar-refractivity contribution in [1.29, 1.82) is 0 Å². The number of para-hydroxylation sites is 2. The lowest BCUT2D eigenvalue weighted by molar-refractivity contribution is -0.120. The summed E-state index contributed by atoms with van der Waals surface area (Å²) in [6.45, 7) is 3.55. The first kappa shape index (κ1) is 22.1. The molecule has 4 aromatic rings.